The molecule has 3 atom stereocenters. The first-order valence-corrected chi connectivity index (χ1v) is 9.58. The standard InChI is InChI=1S/C22H25FN2O2/c1-3-21(27)25-11-10-17-20(13-26)24(2)19-9-6-15(12-18(19)22(17)25)14-4-7-16(23)8-5-14/h4-9,12,17,20,22,26H,3,10-11,13H2,1-2H3/t17-,20-,22-/m1/s1. The highest BCUT2D eigenvalue weighted by Crippen LogP contribution is 2.49. The van der Waals surface area contributed by atoms with Gasteiger partial charge in [0.15, 0.2) is 0 Å². The van der Waals surface area contributed by atoms with E-state index in [1.54, 1.807) is 12.1 Å². The predicted octanol–water partition coefficient (Wildman–Crippen LogP) is 3.60. The average molecular weight is 368 g/mol. The molecule has 1 amide bonds. The Morgan fingerprint density at radius 2 is 1.89 bits per heavy atom. The number of halogens is 1. The molecule has 4 rings (SSSR count). The van der Waals surface area contributed by atoms with Crippen molar-refractivity contribution in [3.63, 3.8) is 0 Å². The number of hydrogen-bond donors (Lipinski definition) is 1. The Morgan fingerprint density at radius 1 is 1.19 bits per heavy atom. The quantitative estimate of drug-likeness (QED) is 0.900. The largest absolute Gasteiger partial charge is 0.394 e. The summed E-state index contributed by atoms with van der Waals surface area (Å²) >= 11 is 0. The van der Waals surface area contributed by atoms with E-state index in [-0.39, 0.29) is 36.3 Å². The topological polar surface area (TPSA) is 43.8 Å². The van der Waals surface area contributed by atoms with Gasteiger partial charge in [0.25, 0.3) is 0 Å². The van der Waals surface area contributed by atoms with Gasteiger partial charge in [-0.15, -0.1) is 0 Å². The van der Waals surface area contributed by atoms with Crippen molar-refractivity contribution < 1.29 is 14.3 Å². The second-order valence-electron chi connectivity index (χ2n) is 7.48. The third-order valence-electron chi connectivity index (χ3n) is 6.15. The highest BCUT2D eigenvalue weighted by atomic mass is 19.1. The lowest BCUT2D eigenvalue weighted by Gasteiger charge is -2.44. The van der Waals surface area contributed by atoms with Gasteiger partial charge in [0.05, 0.1) is 18.7 Å². The van der Waals surface area contributed by atoms with Crippen LogP contribution in [0.1, 0.15) is 31.4 Å². The second kappa shape index (κ2) is 6.97. The summed E-state index contributed by atoms with van der Waals surface area (Å²) in [7, 11) is 2.01. The number of aliphatic hydroxyl groups is 1. The summed E-state index contributed by atoms with van der Waals surface area (Å²) in [6.45, 7) is 2.70. The summed E-state index contributed by atoms with van der Waals surface area (Å²) in [5.41, 5.74) is 4.14. The molecule has 2 aliphatic heterocycles. The number of aliphatic hydroxyl groups excluding tert-OH is 1. The number of hydrogen-bond acceptors (Lipinski definition) is 3. The molecule has 0 unspecified atom stereocenters. The number of benzene rings is 2. The Kier molecular flexibility index (Phi) is 4.64. The zero-order valence-corrected chi connectivity index (χ0v) is 15.7. The molecule has 2 heterocycles. The van der Waals surface area contributed by atoms with Crippen LogP contribution >= 0.6 is 0 Å². The van der Waals surface area contributed by atoms with Gasteiger partial charge in [0.1, 0.15) is 5.82 Å². The second-order valence-corrected chi connectivity index (χ2v) is 7.48. The molecule has 142 valence electrons. The van der Waals surface area contributed by atoms with Crippen molar-refractivity contribution in [3.05, 3.63) is 53.8 Å². The van der Waals surface area contributed by atoms with Gasteiger partial charge in [0, 0.05) is 31.6 Å². The van der Waals surface area contributed by atoms with E-state index in [1.807, 2.05) is 24.9 Å². The minimum absolute atomic E-state index is 0.00817. The minimum Gasteiger partial charge on any atom is -0.394 e. The molecule has 1 saturated heterocycles. The Hall–Kier alpha value is -2.40. The van der Waals surface area contributed by atoms with Gasteiger partial charge < -0.3 is 14.9 Å². The number of carbonyl (C=O) groups excluding carboxylic acids is 1. The molecule has 0 bridgehead atoms. The van der Waals surface area contributed by atoms with Crippen LogP contribution in [0.3, 0.4) is 0 Å². The number of carbonyl (C=O) groups is 1. The molecule has 1 N–H and O–H groups in total. The van der Waals surface area contributed by atoms with Gasteiger partial charge in [-0.25, -0.2) is 4.39 Å². The first-order valence-electron chi connectivity index (χ1n) is 9.58. The Morgan fingerprint density at radius 3 is 2.56 bits per heavy atom. The summed E-state index contributed by atoms with van der Waals surface area (Å²) in [6, 6.07) is 12.7. The molecule has 0 aliphatic carbocycles. The van der Waals surface area contributed by atoms with Crippen molar-refractivity contribution in [1.29, 1.82) is 0 Å². The Balaban J connectivity index is 1.82. The van der Waals surface area contributed by atoms with Crippen LogP contribution in [0.2, 0.25) is 0 Å². The highest BCUT2D eigenvalue weighted by molar-refractivity contribution is 5.78. The van der Waals surface area contributed by atoms with E-state index in [4.69, 9.17) is 0 Å². The summed E-state index contributed by atoms with van der Waals surface area (Å²) in [4.78, 5) is 16.7. The number of amides is 1. The van der Waals surface area contributed by atoms with Crippen LogP contribution in [-0.2, 0) is 4.79 Å². The zero-order valence-electron chi connectivity index (χ0n) is 15.7. The van der Waals surface area contributed by atoms with Gasteiger partial charge in [-0.1, -0.05) is 25.1 Å². The van der Waals surface area contributed by atoms with Crippen LogP contribution in [0, 0.1) is 11.7 Å². The first kappa shape index (κ1) is 18.0. The lowest BCUT2D eigenvalue weighted by Crippen LogP contribution is -2.48. The first-order chi connectivity index (χ1) is 13.0. The monoisotopic (exact) mass is 368 g/mol. The molecule has 2 aromatic carbocycles. The van der Waals surface area contributed by atoms with Gasteiger partial charge >= 0.3 is 0 Å². The Bertz CT molecular complexity index is 852. The SMILES string of the molecule is CCC(=O)N1CC[C@@H]2[C@@H](CO)N(C)c3ccc(-c4ccc(F)cc4)cc3[C@@H]21. The van der Waals surface area contributed by atoms with Crippen molar-refractivity contribution in [2.75, 3.05) is 25.1 Å². The van der Waals surface area contributed by atoms with E-state index >= 15 is 0 Å². The molecular weight excluding hydrogens is 343 g/mol. The number of nitrogens with zero attached hydrogens (tertiary/aromatic N) is 2. The van der Waals surface area contributed by atoms with Crippen molar-refractivity contribution in [1.82, 2.24) is 4.90 Å². The normalized spacial score (nSPS) is 23.9. The number of likely N-dealkylation sites (tertiary alicyclic amines) is 1. The maximum Gasteiger partial charge on any atom is 0.222 e. The summed E-state index contributed by atoms with van der Waals surface area (Å²) in [6.07, 6.45) is 1.38. The van der Waals surface area contributed by atoms with E-state index in [1.165, 1.54) is 12.1 Å². The lowest BCUT2D eigenvalue weighted by molar-refractivity contribution is -0.132. The van der Waals surface area contributed by atoms with E-state index in [2.05, 4.69) is 17.0 Å². The van der Waals surface area contributed by atoms with E-state index in [9.17, 15) is 14.3 Å². The van der Waals surface area contributed by atoms with E-state index < -0.39 is 0 Å². The van der Waals surface area contributed by atoms with Gasteiger partial charge in [-0.05, 0) is 47.4 Å². The number of likely N-dealkylation sites (N-methyl/N-ethyl adjacent to an activating group) is 1. The molecule has 4 nitrogen and oxygen atoms in total. The zero-order chi connectivity index (χ0) is 19.1. The maximum absolute atomic E-state index is 13.3. The molecule has 27 heavy (non-hydrogen) atoms. The average Bonchev–Trinajstić information content (AvgIpc) is 3.13. The van der Waals surface area contributed by atoms with Gasteiger partial charge in [0.2, 0.25) is 5.91 Å². The Labute approximate surface area is 159 Å². The summed E-state index contributed by atoms with van der Waals surface area (Å²) in [5, 5.41) is 9.99. The van der Waals surface area contributed by atoms with Gasteiger partial charge in [-0.2, -0.15) is 0 Å². The fourth-order valence-electron chi connectivity index (χ4n) is 4.76. The maximum atomic E-state index is 13.3. The molecule has 1 fully saturated rings. The summed E-state index contributed by atoms with van der Waals surface area (Å²) < 4.78 is 13.3. The molecule has 5 heteroatoms. The molecular formula is C22H25FN2O2. The predicted molar refractivity (Wildman–Crippen MR) is 104 cm³/mol. The lowest BCUT2D eigenvalue weighted by atomic mass is 9.81. The molecule has 2 aromatic rings. The van der Waals surface area contributed by atoms with E-state index in [0.29, 0.717) is 6.42 Å². The van der Waals surface area contributed by atoms with Crippen LogP contribution in [0.15, 0.2) is 42.5 Å². The van der Waals surface area contributed by atoms with Crippen LogP contribution in [0.25, 0.3) is 11.1 Å². The fourth-order valence-corrected chi connectivity index (χ4v) is 4.76. The van der Waals surface area contributed by atoms with Crippen LogP contribution in [-0.4, -0.2) is 42.2 Å². The molecule has 0 saturated carbocycles. The molecule has 0 radical (unpaired) electrons. The minimum atomic E-state index is -0.252. The van der Waals surface area contributed by atoms with Crippen molar-refractivity contribution in [2.24, 2.45) is 5.92 Å². The number of fused-ring (bicyclic) bond motifs is 3. The molecule has 2 aliphatic rings. The fraction of sp³-hybridized carbons (Fsp3) is 0.409. The molecule has 0 spiro atoms. The van der Waals surface area contributed by atoms with Crippen LogP contribution in [0.5, 0.6) is 0 Å². The molecule has 0 aromatic heterocycles. The summed E-state index contributed by atoms with van der Waals surface area (Å²) in [5.74, 6) is 0.117. The smallest absolute Gasteiger partial charge is 0.222 e. The number of anilines is 1. The van der Waals surface area contributed by atoms with Crippen molar-refractivity contribution in [3.8, 4) is 11.1 Å². The van der Waals surface area contributed by atoms with Crippen molar-refractivity contribution >= 4 is 11.6 Å². The van der Waals surface area contributed by atoms with Crippen LogP contribution < -0.4 is 4.90 Å². The van der Waals surface area contributed by atoms with Gasteiger partial charge in [-0.3, -0.25) is 4.79 Å². The van der Waals surface area contributed by atoms with E-state index in [0.717, 1.165) is 35.3 Å². The highest BCUT2D eigenvalue weighted by Gasteiger charge is 2.47. The van der Waals surface area contributed by atoms with Crippen LogP contribution in [0.4, 0.5) is 10.1 Å². The third kappa shape index (κ3) is 2.90. The number of rotatable bonds is 3. The van der Waals surface area contributed by atoms with Crippen molar-refractivity contribution in [2.45, 2.75) is 31.8 Å². The third-order valence-corrected chi connectivity index (χ3v) is 6.15.